The van der Waals surface area contributed by atoms with E-state index in [2.05, 4.69) is 37.6 Å². The zero-order valence-corrected chi connectivity index (χ0v) is 20.7. The molecular weight excluding hydrogens is 491 g/mol. The van der Waals surface area contributed by atoms with E-state index in [-0.39, 0.29) is 36.4 Å². The summed E-state index contributed by atoms with van der Waals surface area (Å²) in [7, 11) is 3.55. The molecule has 1 saturated carbocycles. The van der Waals surface area contributed by atoms with E-state index in [1.54, 1.807) is 19.0 Å². The Morgan fingerprint density at radius 3 is 2.43 bits per heavy atom. The van der Waals surface area contributed by atoms with Crippen molar-refractivity contribution in [3.05, 3.63) is 24.5 Å². The fourth-order valence-electron chi connectivity index (χ4n) is 4.07. The van der Waals surface area contributed by atoms with Gasteiger partial charge in [0.25, 0.3) is 0 Å². The zero-order valence-electron chi connectivity index (χ0n) is 18.3. The standard InChI is InChI=1S/C22H36N6O.HI/c1-27(2)21(29)17-25-22(26-19-6-4-3-5-7-19)24-16-18-10-14-28(15-11-18)20-8-12-23-13-9-20;/h8-9,12-13,18-19H,3-7,10-11,14-17H2,1-2H3,(H2,24,25,26);1H. The Balaban J connectivity index is 0.00000320. The van der Waals surface area contributed by atoms with Crippen LogP contribution in [0, 0.1) is 5.92 Å². The molecule has 168 valence electrons. The summed E-state index contributed by atoms with van der Waals surface area (Å²) in [4.78, 5) is 24.7. The lowest BCUT2D eigenvalue weighted by molar-refractivity contribution is -0.127. The molecule has 0 bridgehead atoms. The van der Waals surface area contributed by atoms with E-state index in [4.69, 9.17) is 0 Å². The molecule has 7 nitrogen and oxygen atoms in total. The van der Waals surface area contributed by atoms with Gasteiger partial charge in [0.1, 0.15) is 6.54 Å². The van der Waals surface area contributed by atoms with Gasteiger partial charge < -0.3 is 20.4 Å². The molecule has 0 atom stereocenters. The van der Waals surface area contributed by atoms with Crippen LogP contribution in [0.25, 0.3) is 0 Å². The minimum Gasteiger partial charge on any atom is -0.371 e. The summed E-state index contributed by atoms with van der Waals surface area (Å²) in [5.74, 6) is 1.44. The lowest BCUT2D eigenvalue weighted by Gasteiger charge is -2.34. The molecule has 1 saturated heterocycles. The molecule has 1 aliphatic carbocycles. The van der Waals surface area contributed by atoms with Gasteiger partial charge in [-0.15, -0.1) is 24.0 Å². The summed E-state index contributed by atoms with van der Waals surface area (Å²) in [6, 6.07) is 4.64. The molecule has 30 heavy (non-hydrogen) atoms. The summed E-state index contributed by atoms with van der Waals surface area (Å²) in [6.07, 6.45) is 12.3. The number of nitrogens with zero attached hydrogens (tertiary/aromatic N) is 4. The minimum atomic E-state index is 0. The van der Waals surface area contributed by atoms with E-state index in [1.165, 1.54) is 37.8 Å². The quantitative estimate of drug-likeness (QED) is 0.338. The second kappa shape index (κ2) is 13.0. The molecule has 2 N–H and O–H groups in total. The molecule has 0 spiro atoms. The van der Waals surface area contributed by atoms with Crippen molar-refractivity contribution < 1.29 is 4.79 Å². The van der Waals surface area contributed by atoms with Crippen LogP contribution in [0.2, 0.25) is 0 Å². The van der Waals surface area contributed by atoms with Gasteiger partial charge in [-0.1, -0.05) is 19.3 Å². The number of hydrogen-bond acceptors (Lipinski definition) is 4. The molecule has 3 rings (SSSR count). The molecule has 0 radical (unpaired) electrons. The number of rotatable bonds is 6. The highest BCUT2D eigenvalue weighted by atomic mass is 127. The van der Waals surface area contributed by atoms with Crippen LogP contribution in [-0.4, -0.2) is 68.1 Å². The van der Waals surface area contributed by atoms with Crippen molar-refractivity contribution in [2.45, 2.75) is 51.0 Å². The first kappa shape index (κ1) is 24.7. The van der Waals surface area contributed by atoms with E-state index in [9.17, 15) is 4.79 Å². The van der Waals surface area contributed by atoms with Crippen LogP contribution < -0.4 is 15.5 Å². The number of hydrogen-bond donors (Lipinski definition) is 2. The first-order chi connectivity index (χ1) is 14.1. The average Bonchev–Trinajstić information content (AvgIpc) is 2.77. The van der Waals surface area contributed by atoms with Gasteiger partial charge in [-0.2, -0.15) is 0 Å². The molecule has 0 unspecified atom stereocenters. The van der Waals surface area contributed by atoms with Gasteiger partial charge >= 0.3 is 0 Å². The van der Waals surface area contributed by atoms with Crippen LogP contribution in [0.4, 0.5) is 5.69 Å². The van der Waals surface area contributed by atoms with Crippen LogP contribution in [-0.2, 0) is 4.79 Å². The van der Waals surface area contributed by atoms with Gasteiger partial charge in [0.05, 0.1) is 0 Å². The number of pyridine rings is 1. The number of amides is 1. The lowest BCUT2D eigenvalue weighted by Crippen LogP contribution is -2.47. The Morgan fingerprint density at radius 1 is 1.13 bits per heavy atom. The number of piperidine rings is 1. The van der Waals surface area contributed by atoms with Gasteiger partial charge in [0.15, 0.2) is 5.96 Å². The maximum absolute atomic E-state index is 12.0. The van der Waals surface area contributed by atoms with Crippen LogP contribution >= 0.6 is 24.0 Å². The Bertz CT molecular complexity index is 655. The van der Waals surface area contributed by atoms with Crippen LogP contribution in [0.5, 0.6) is 0 Å². The average molecular weight is 528 g/mol. The Morgan fingerprint density at radius 2 is 1.80 bits per heavy atom. The number of carbonyl (C=O) groups excluding carboxylic acids is 1. The van der Waals surface area contributed by atoms with Crippen molar-refractivity contribution in [2.24, 2.45) is 10.9 Å². The summed E-state index contributed by atoms with van der Waals surface area (Å²) in [6.45, 7) is 3.23. The van der Waals surface area contributed by atoms with Crippen LogP contribution in [0.3, 0.4) is 0 Å². The summed E-state index contributed by atoms with van der Waals surface area (Å²) in [5.41, 5.74) is 1.26. The van der Waals surface area contributed by atoms with Crippen molar-refractivity contribution in [1.29, 1.82) is 0 Å². The maximum atomic E-state index is 12.0. The van der Waals surface area contributed by atoms with E-state index in [1.807, 2.05) is 12.4 Å². The van der Waals surface area contributed by atoms with Gasteiger partial charge in [0.2, 0.25) is 5.91 Å². The molecule has 1 aromatic rings. The van der Waals surface area contributed by atoms with E-state index >= 15 is 0 Å². The van der Waals surface area contributed by atoms with Crippen molar-refractivity contribution in [2.75, 3.05) is 45.2 Å². The van der Waals surface area contributed by atoms with Crippen LogP contribution in [0.15, 0.2) is 29.5 Å². The SMILES string of the molecule is CN(C)C(=O)CN=C(NCC1CCN(c2ccncc2)CC1)NC1CCCCC1.I. The van der Waals surface area contributed by atoms with Crippen molar-refractivity contribution in [1.82, 2.24) is 20.5 Å². The Labute approximate surface area is 198 Å². The third-order valence-electron chi connectivity index (χ3n) is 6.02. The molecule has 0 aromatic carbocycles. The maximum Gasteiger partial charge on any atom is 0.243 e. The van der Waals surface area contributed by atoms with Crippen molar-refractivity contribution in [3.8, 4) is 0 Å². The first-order valence-corrected chi connectivity index (χ1v) is 11.0. The van der Waals surface area contributed by atoms with E-state index in [0.717, 1.165) is 38.4 Å². The predicted molar refractivity (Wildman–Crippen MR) is 134 cm³/mol. The van der Waals surface area contributed by atoms with Crippen molar-refractivity contribution >= 4 is 41.5 Å². The topological polar surface area (TPSA) is 72.9 Å². The van der Waals surface area contributed by atoms with Crippen molar-refractivity contribution in [3.63, 3.8) is 0 Å². The third-order valence-corrected chi connectivity index (χ3v) is 6.02. The molecule has 8 heteroatoms. The number of halogens is 1. The van der Waals surface area contributed by atoms with Crippen LogP contribution in [0.1, 0.15) is 44.9 Å². The number of aromatic nitrogens is 1. The minimum absolute atomic E-state index is 0. The molecule has 2 aliphatic rings. The number of likely N-dealkylation sites (N-methyl/N-ethyl adjacent to an activating group) is 1. The highest BCUT2D eigenvalue weighted by Gasteiger charge is 2.21. The summed E-state index contributed by atoms with van der Waals surface area (Å²) >= 11 is 0. The molecule has 2 fully saturated rings. The highest BCUT2D eigenvalue weighted by Crippen LogP contribution is 2.22. The largest absolute Gasteiger partial charge is 0.371 e. The second-order valence-corrected chi connectivity index (χ2v) is 8.45. The smallest absolute Gasteiger partial charge is 0.243 e. The normalized spacial score (nSPS) is 18.5. The van der Waals surface area contributed by atoms with Gasteiger partial charge in [0, 0.05) is 57.9 Å². The number of aliphatic imine (C=N–C) groups is 1. The van der Waals surface area contributed by atoms with Gasteiger partial charge in [-0.25, -0.2) is 4.99 Å². The number of carbonyl (C=O) groups is 1. The second-order valence-electron chi connectivity index (χ2n) is 8.45. The predicted octanol–water partition coefficient (Wildman–Crippen LogP) is 2.87. The molecule has 1 aromatic heterocycles. The molecule has 2 heterocycles. The lowest BCUT2D eigenvalue weighted by atomic mass is 9.95. The fraction of sp³-hybridized carbons (Fsp3) is 0.682. The summed E-state index contributed by atoms with van der Waals surface area (Å²) < 4.78 is 0. The zero-order chi connectivity index (χ0) is 20.5. The number of anilines is 1. The fourth-order valence-corrected chi connectivity index (χ4v) is 4.07. The third kappa shape index (κ3) is 7.92. The molecular formula is C22H37IN6O. The number of nitrogens with one attached hydrogen (secondary N) is 2. The Hall–Kier alpha value is -1.58. The Kier molecular flexibility index (Phi) is 10.7. The molecule has 1 amide bonds. The van der Waals surface area contributed by atoms with E-state index < -0.39 is 0 Å². The highest BCUT2D eigenvalue weighted by molar-refractivity contribution is 14.0. The van der Waals surface area contributed by atoms with Gasteiger partial charge in [-0.05, 0) is 43.7 Å². The molecule has 1 aliphatic heterocycles. The van der Waals surface area contributed by atoms with E-state index in [0.29, 0.717) is 12.0 Å². The van der Waals surface area contributed by atoms with Gasteiger partial charge in [-0.3, -0.25) is 9.78 Å². The summed E-state index contributed by atoms with van der Waals surface area (Å²) in [5, 5.41) is 7.10. The monoisotopic (exact) mass is 528 g/mol. The number of guanidine groups is 1. The first-order valence-electron chi connectivity index (χ1n) is 11.0.